The molecule has 1 aliphatic carbocycles. The Bertz CT molecular complexity index is 436. The Kier molecular flexibility index (Phi) is 3.69. The minimum Gasteiger partial charge on any atom is -0.292 e. The highest BCUT2D eigenvalue weighted by Gasteiger charge is 2.44. The van der Waals surface area contributed by atoms with Crippen molar-refractivity contribution in [1.82, 2.24) is 4.90 Å². The maximum absolute atomic E-state index is 12.6. The van der Waals surface area contributed by atoms with Crippen LogP contribution in [0.25, 0.3) is 0 Å². The number of carbonyl (C=O) groups excluding carboxylic acids is 1. The number of hydrogen-bond acceptors (Lipinski definition) is 2. The van der Waals surface area contributed by atoms with E-state index < -0.39 is 0 Å². The maximum atomic E-state index is 12.6. The Labute approximate surface area is 115 Å². The van der Waals surface area contributed by atoms with Gasteiger partial charge in [-0.1, -0.05) is 49.6 Å². The van der Waals surface area contributed by atoms with Crippen LogP contribution in [-0.2, 0) is 0 Å². The van der Waals surface area contributed by atoms with E-state index in [9.17, 15) is 4.79 Å². The Balaban J connectivity index is 1.72. The van der Waals surface area contributed by atoms with Gasteiger partial charge in [-0.15, -0.1) is 0 Å². The van der Waals surface area contributed by atoms with E-state index >= 15 is 0 Å². The molecule has 1 aliphatic heterocycles. The average molecular weight is 257 g/mol. The van der Waals surface area contributed by atoms with Gasteiger partial charge in [-0.3, -0.25) is 9.69 Å². The summed E-state index contributed by atoms with van der Waals surface area (Å²) < 4.78 is 0. The first-order chi connectivity index (χ1) is 9.27. The molecule has 1 saturated carbocycles. The number of ketones is 1. The fraction of sp³-hybridized carbons (Fsp3) is 0.588. The van der Waals surface area contributed by atoms with Gasteiger partial charge in [-0.2, -0.15) is 0 Å². The van der Waals surface area contributed by atoms with Crippen molar-refractivity contribution in [2.75, 3.05) is 0 Å². The molecule has 0 amide bonds. The van der Waals surface area contributed by atoms with Crippen molar-refractivity contribution in [1.29, 1.82) is 0 Å². The highest BCUT2D eigenvalue weighted by atomic mass is 16.1. The standard InChI is InChI=1S/C17H23NO/c1-13-12-16(17(19)14-8-4-2-5-9-14)18(13)15-10-6-3-7-11-15/h2,4-5,8-9,13,15-16H,3,6-7,10-12H2,1H3. The summed E-state index contributed by atoms with van der Waals surface area (Å²) in [4.78, 5) is 15.1. The fourth-order valence-corrected chi connectivity index (χ4v) is 3.77. The fourth-order valence-electron chi connectivity index (χ4n) is 3.77. The summed E-state index contributed by atoms with van der Waals surface area (Å²) in [5, 5.41) is 0. The molecule has 2 aliphatic rings. The van der Waals surface area contributed by atoms with Crippen molar-refractivity contribution in [2.45, 2.75) is 63.6 Å². The highest BCUT2D eigenvalue weighted by Crippen LogP contribution is 2.35. The molecule has 2 nitrogen and oxygen atoms in total. The molecular weight excluding hydrogens is 234 g/mol. The highest BCUT2D eigenvalue weighted by molar-refractivity contribution is 6.00. The van der Waals surface area contributed by atoms with Crippen molar-refractivity contribution < 1.29 is 4.79 Å². The van der Waals surface area contributed by atoms with E-state index in [1.165, 1.54) is 32.1 Å². The molecular formula is C17H23NO. The van der Waals surface area contributed by atoms with Crippen LogP contribution in [0.1, 0.15) is 55.8 Å². The van der Waals surface area contributed by atoms with Crippen LogP contribution in [0.4, 0.5) is 0 Å². The smallest absolute Gasteiger partial charge is 0.180 e. The van der Waals surface area contributed by atoms with Crippen molar-refractivity contribution in [3.63, 3.8) is 0 Å². The van der Waals surface area contributed by atoms with E-state index in [2.05, 4.69) is 11.8 Å². The first kappa shape index (κ1) is 12.9. The minimum atomic E-state index is 0.139. The number of Topliss-reactive ketones (excluding diaryl/α,β-unsaturated/α-hetero) is 1. The average Bonchev–Trinajstić information content (AvgIpc) is 2.46. The quantitative estimate of drug-likeness (QED) is 0.770. The lowest BCUT2D eigenvalue weighted by atomic mass is 9.82. The second-order valence-electron chi connectivity index (χ2n) is 6.07. The van der Waals surface area contributed by atoms with Gasteiger partial charge in [-0.25, -0.2) is 0 Å². The third-order valence-corrected chi connectivity index (χ3v) is 4.79. The predicted octanol–water partition coefficient (Wildman–Crippen LogP) is 3.66. The summed E-state index contributed by atoms with van der Waals surface area (Å²) in [6, 6.07) is 11.2. The van der Waals surface area contributed by atoms with Crippen molar-refractivity contribution in [3.8, 4) is 0 Å². The van der Waals surface area contributed by atoms with Gasteiger partial charge in [0.1, 0.15) is 0 Å². The summed E-state index contributed by atoms with van der Waals surface area (Å²) in [5.74, 6) is 0.323. The van der Waals surface area contributed by atoms with Crippen LogP contribution >= 0.6 is 0 Å². The van der Waals surface area contributed by atoms with Gasteiger partial charge < -0.3 is 0 Å². The van der Waals surface area contributed by atoms with E-state index in [1.54, 1.807) is 0 Å². The number of hydrogen-bond donors (Lipinski definition) is 0. The molecule has 1 heterocycles. The van der Waals surface area contributed by atoms with Crippen LogP contribution in [0.3, 0.4) is 0 Å². The summed E-state index contributed by atoms with van der Waals surface area (Å²) >= 11 is 0. The molecule has 0 N–H and O–H groups in total. The summed E-state index contributed by atoms with van der Waals surface area (Å²) in [6.07, 6.45) is 7.63. The monoisotopic (exact) mass is 257 g/mol. The topological polar surface area (TPSA) is 20.3 Å². The molecule has 2 heteroatoms. The van der Waals surface area contributed by atoms with Crippen LogP contribution in [0.15, 0.2) is 30.3 Å². The van der Waals surface area contributed by atoms with Gasteiger partial charge in [-0.05, 0) is 26.2 Å². The first-order valence-electron chi connectivity index (χ1n) is 7.64. The molecule has 1 saturated heterocycles. The third kappa shape index (κ3) is 2.46. The van der Waals surface area contributed by atoms with E-state index in [1.807, 2.05) is 30.3 Å². The number of benzene rings is 1. The van der Waals surface area contributed by atoms with Crippen LogP contribution in [0, 0.1) is 0 Å². The number of nitrogens with zero attached hydrogens (tertiary/aromatic N) is 1. The van der Waals surface area contributed by atoms with Crippen LogP contribution in [0.2, 0.25) is 0 Å². The van der Waals surface area contributed by atoms with Gasteiger partial charge in [0.25, 0.3) is 0 Å². The van der Waals surface area contributed by atoms with E-state index in [0.29, 0.717) is 17.9 Å². The Morgan fingerprint density at radius 1 is 1.11 bits per heavy atom. The number of rotatable bonds is 3. The lowest BCUT2D eigenvalue weighted by molar-refractivity contribution is -0.0174. The van der Waals surface area contributed by atoms with E-state index in [-0.39, 0.29) is 6.04 Å². The van der Waals surface area contributed by atoms with Crippen molar-refractivity contribution >= 4 is 5.78 Å². The van der Waals surface area contributed by atoms with Gasteiger partial charge in [0.05, 0.1) is 6.04 Å². The predicted molar refractivity (Wildman–Crippen MR) is 77.4 cm³/mol. The Morgan fingerprint density at radius 2 is 1.79 bits per heavy atom. The Morgan fingerprint density at radius 3 is 2.42 bits per heavy atom. The third-order valence-electron chi connectivity index (χ3n) is 4.79. The zero-order valence-corrected chi connectivity index (χ0v) is 11.7. The zero-order valence-electron chi connectivity index (χ0n) is 11.7. The van der Waals surface area contributed by atoms with Gasteiger partial charge in [0.15, 0.2) is 5.78 Å². The second kappa shape index (κ2) is 5.46. The molecule has 3 rings (SSSR count). The normalized spacial score (nSPS) is 28.9. The molecule has 0 radical (unpaired) electrons. The molecule has 1 aromatic rings. The maximum Gasteiger partial charge on any atom is 0.180 e. The summed E-state index contributed by atoms with van der Waals surface area (Å²) in [7, 11) is 0. The van der Waals surface area contributed by atoms with E-state index in [0.717, 1.165) is 12.0 Å². The minimum absolute atomic E-state index is 0.139. The molecule has 102 valence electrons. The number of likely N-dealkylation sites (tertiary alicyclic amines) is 1. The van der Waals surface area contributed by atoms with Gasteiger partial charge in [0.2, 0.25) is 0 Å². The van der Waals surface area contributed by atoms with E-state index in [4.69, 9.17) is 0 Å². The summed E-state index contributed by atoms with van der Waals surface area (Å²) in [6.45, 7) is 2.27. The largest absolute Gasteiger partial charge is 0.292 e. The van der Waals surface area contributed by atoms with Crippen LogP contribution < -0.4 is 0 Å². The molecule has 1 aromatic carbocycles. The molecule has 2 atom stereocenters. The lowest BCUT2D eigenvalue weighted by Crippen LogP contribution is -2.62. The zero-order chi connectivity index (χ0) is 13.2. The molecule has 2 unspecified atom stereocenters. The molecule has 0 spiro atoms. The van der Waals surface area contributed by atoms with Crippen LogP contribution in [-0.4, -0.2) is 28.8 Å². The lowest BCUT2D eigenvalue weighted by Gasteiger charge is -2.51. The first-order valence-corrected chi connectivity index (χ1v) is 7.64. The SMILES string of the molecule is CC1CC(C(=O)c2ccccc2)N1C1CCCCC1. The molecule has 19 heavy (non-hydrogen) atoms. The van der Waals surface area contributed by atoms with Gasteiger partial charge in [0, 0.05) is 17.6 Å². The number of carbonyl (C=O) groups is 1. The Hall–Kier alpha value is -1.15. The molecule has 0 bridgehead atoms. The second-order valence-corrected chi connectivity index (χ2v) is 6.07. The summed E-state index contributed by atoms with van der Waals surface area (Å²) in [5.41, 5.74) is 0.875. The molecule has 2 fully saturated rings. The van der Waals surface area contributed by atoms with Crippen molar-refractivity contribution in [2.24, 2.45) is 0 Å². The molecule has 0 aromatic heterocycles. The van der Waals surface area contributed by atoms with Gasteiger partial charge >= 0.3 is 0 Å². The van der Waals surface area contributed by atoms with Crippen LogP contribution in [0.5, 0.6) is 0 Å². The van der Waals surface area contributed by atoms with Crippen molar-refractivity contribution in [3.05, 3.63) is 35.9 Å².